The highest BCUT2D eigenvalue weighted by molar-refractivity contribution is 5.78. The molecule has 3 heterocycles. The van der Waals surface area contributed by atoms with Gasteiger partial charge in [-0.3, -0.25) is 9.67 Å². The number of hydrogen-bond acceptors (Lipinski definition) is 3. The topological polar surface area (TPSA) is 43.6 Å². The van der Waals surface area contributed by atoms with E-state index in [1.165, 1.54) is 5.56 Å². The largest absolute Gasteiger partial charge is 0.266 e. The molecule has 0 saturated carbocycles. The second kappa shape index (κ2) is 4.71. The zero-order chi connectivity index (χ0) is 14.3. The first kappa shape index (κ1) is 12.8. The minimum Gasteiger partial charge on any atom is -0.266 e. The van der Waals surface area contributed by atoms with Gasteiger partial charge in [-0.15, -0.1) is 0 Å². The zero-order valence-electron chi connectivity index (χ0n) is 12.3. The maximum Gasteiger partial charge on any atom is 0.109 e. The summed E-state index contributed by atoms with van der Waals surface area (Å²) in [5, 5.41) is 4.24. The Labute approximate surface area is 118 Å². The van der Waals surface area contributed by atoms with Crippen LogP contribution < -0.4 is 0 Å². The molecule has 0 aliphatic heterocycles. The minimum absolute atomic E-state index is 0.462. The van der Waals surface area contributed by atoms with Crippen molar-refractivity contribution in [3.05, 3.63) is 41.9 Å². The van der Waals surface area contributed by atoms with Crippen molar-refractivity contribution in [3.8, 4) is 11.3 Å². The van der Waals surface area contributed by atoms with Crippen molar-refractivity contribution in [1.29, 1.82) is 0 Å². The third kappa shape index (κ3) is 2.07. The Balaban J connectivity index is 2.16. The third-order valence-electron chi connectivity index (χ3n) is 3.65. The Kier molecular flexibility index (Phi) is 3.01. The van der Waals surface area contributed by atoms with Gasteiger partial charge < -0.3 is 0 Å². The fraction of sp³-hybridized carbons (Fsp3) is 0.312. The summed E-state index contributed by atoms with van der Waals surface area (Å²) in [7, 11) is 1.93. The summed E-state index contributed by atoms with van der Waals surface area (Å²) in [5.41, 5.74) is 6.25. The maximum absolute atomic E-state index is 4.70. The fourth-order valence-electron chi connectivity index (χ4n) is 2.31. The van der Waals surface area contributed by atoms with Crippen LogP contribution in [-0.2, 0) is 7.05 Å². The predicted octanol–water partition coefficient (Wildman–Crippen LogP) is 3.46. The summed E-state index contributed by atoms with van der Waals surface area (Å²) in [6.07, 6.45) is 3.75. The smallest absolute Gasteiger partial charge is 0.109 e. The Bertz CT molecular complexity index is 771. The summed E-state index contributed by atoms with van der Waals surface area (Å²) in [6, 6.07) is 6.29. The van der Waals surface area contributed by atoms with Gasteiger partial charge in [-0.25, -0.2) is 4.98 Å². The van der Waals surface area contributed by atoms with Crippen molar-refractivity contribution in [2.45, 2.75) is 26.7 Å². The van der Waals surface area contributed by atoms with Crippen LogP contribution in [0.5, 0.6) is 0 Å². The van der Waals surface area contributed by atoms with Crippen LogP contribution in [0.25, 0.3) is 22.3 Å². The lowest BCUT2D eigenvalue weighted by Gasteiger charge is -2.10. The van der Waals surface area contributed by atoms with Crippen molar-refractivity contribution in [2.75, 3.05) is 0 Å². The van der Waals surface area contributed by atoms with Crippen LogP contribution in [0.1, 0.15) is 31.0 Å². The van der Waals surface area contributed by atoms with Crippen molar-refractivity contribution in [3.63, 3.8) is 0 Å². The monoisotopic (exact) mass is 266 g/mol. The van der Waals surface area contributed by atoms with Crippen molar-refractivity contribution >= 4 is 11.0 Å². The number of aromatic nitrogens is 4. The molecule has 3 rings (SSSR count). The highest BCUT2D eigenvalue weighted by Gasteiger charge is 2.10. The highest BCUT2D eigenvalue weighted by atomic mass is 15.3. The van der Waals surface area contributed by atoms with Crippen LogP contribution in [0.4, 0.5) is 0 Å². The van der Waals surface area contributed by atoms with Gasteiger partial charge in [0.15, 0.2) is 0 Å². The van der Waals surface area contributed by atoms with Gasteiger partial charge in [0.1, 0.15) is 5.52 Å². The minimum atomic E-state index is 0.462. The quantitative estimate of drug-likeness (QED) is 0.713. The number of fused-ring (bicyclic) bond motifs is 1. The molecule has 20 heavy (non-hydrogen) atoms. The van der Waals surface area contributed by atoms with E-state index in [0.717, 1.165) is 28.0 Å². The van der Waals surface area contributed by atoms with Crippen LogP contribution >= 0.6 is 0 Å². The molecule has 0 saturated heterocycles. The molecule has 4 heteroatoms. The average Bonchev–Trinajstić information content (AvgIpc) is 2.80. The maximum atomic E-state index is 4.70. The molecule has 0 atom stereocenters. The number of rotatable bonds is 2. The third-order valence-corrected chi connectivity index (χ3v) is 3.65. The lowest BCUT2D eigenvalue weighted by molar-refractivity contribution is 0.797. The van der Waals surface area contributed by atoms with Crippen molar-refractivity contribution in [1.82, 2.24) is 19.7 Å². The van der Waals surface area contributed by atoms with Gasteiger partial charge in [0, 0.05) is 24.5 Å². The first-order valence-corrected chi connectivity index (χ1v) is 6.82. The van der Waals surface area contributed by atoms with E-state index in [9.17, 15) is 0 Å². The SMILES string of the molecule is Cc1ncc(C(C)C)cc1-c1ccc2c(cnn2C)n1. The normalized spacial score (nSPS) is 11.4. The molecule has 0 aliphatic rings. The van der Waals surface area contributed by atoms with Crippen molar-refractivity contribution in [2.24, 2.45) is 7.05 Å². The van der Waals surface area contributed by atoms with Crippen LogP contribution in [0.2, 0.25) is 0 Å². The molecule has 0 amide bonds. The summed E-state index contributed by atoms with van der Waals surface area (Å²) in [6.45, 7) is 6.37. The zero-order valence-corrected chi connectivity index (χ0v) is 12.3. The number of pyridine rings is 2. The molecule has 4 nitrogen and oxygen atoms in total. The van der Waals surface area contributed by atoms with Gasteiger partial charge >= 0.3 is 0 Å². The molecule has 0 N–H and O–H groups in total. The molecule has 3 aromatic rings. The van der Waals surface area contributed by atoms with Gasteiger partial charge in [-0.05, 0) is 36.6 Å². The summed E-state index contributed by atoms with van der Waals surface area (Å²) < 4.78 is 1.84. The van der Waals surface area contributed by atoms with E-state index in [0.29, 0.717) is 5.92 Å². The van der Waals surface area contributed by atoms with Crippen LogP contribution in [0, 0.1) is 6.92 Å². The van der Waals surface area contributed by atoms with Crippen LogP contribution in [0.3, 0.4) is 0 Å². The van der Waals surface area contributed by atoms with E-state index in [1.807, 2.05) is 30.9 Å². The van der Waals surface area contributed by atoms with Gasteiger partial charge in [0.05, 0.1) is 17.4 Å². The Morgan fingerprint density at radius 3 is 2.70 bits per heavy atom. The standard InChI is InChI=1S/C16H18N4/c1-10(2)12-7-13(11(3)17-8-12)14-5-6-16-15(19-14)9-18-20(16)4/h5-10H,1-4H3. The first-order valence-electron chi connectivity index (χ1n) is 6.82. The second-order valence-electron chi connectivity index (χ2n) is 5.43. The molecule has 0 aliphatic carbocycles. The summed E-state index contributed by atoms with van der Waals surface area (Å²) in [5.74, 6) is 0.462. The molecule has 0 bridgehead atoms. The fourth-order valence-corrected chi connectivity index (χ4v) is 2.31. The lowest BCUT2D eigenvalue weighted by atomic mass is 10.0. The van der Waals surface area contributed by atoms with Gasteiger partial charge in [0.2, 0.25) is 0 Å². The predicted molar refractivity (Wildman–Crippen MR) is 80.6 cm³/mol. The van der Waals surface area contributed by atoms with Gasteiger partial charge in [0.25, 0.3) is 0 Å². The van der Waals surface area contributed by atoms with E-state index in [4.69, 9.17) is 4.98 Å². The van der Waals surface area contributed by atoms with E-state index >= 15 is 0 Å². The molecule has 3 aromatic heterocycles. The average molecular weight is 266 g/mol. The molecule has 102 valence electrons. The number of aryl methyl sites for hydroxylation is 2. The summed E-state index contributed by atoms with van der Waals surface area (Å²) >= 11 is 0. The Morgan fingerprint density at radius 1 is 1.15 bits per heavy atom. The first-order chi connectivity index (χ1) is 9.56. The van der Waals surface area contributed by atoms with Gasteiger partial charge in [-0.2, -0.15) is 5.10 Å². The number of hydrogen-bond donors (Lipinski definition) is 0. The molecule has 0 aromatic carbocycles. The number of nitrogens with zero attached hydrogens (tertiary/aromatic N) is 4. The molecular weight excluding hydrogens is 248 g/mol. The van der Waals surface area contributed by atoms with E-state index in [2.05, 4.69) is 36.1 Å². The van der Waals surface area contributed by atoms with Gasteiger partial charge in [-0.1, -0.05) is 13.8 Å². The van der Waals surface area contributed by atoms with E-state index in [1.54, 1.807) is 6.20 Å². The van der Waals surface area contributed by atoms with Crippen LogP contribution in [-0.4, -0.2) is 19.7 Å². The summed E-state index contributed by atoms with van der Waals surface area (Å²) in [4.78, 5) is 9.21. The second-order valence-corrected chi connectivity index (χ2v) is 5.43. The molecular formula is C16H18N4. The Morgan fingerprint density at radius 2 is 1.95 bits per heavy atom. The molecule has 0 fully saturated rings. The molecule has 0 unspecified atom stereocenters. The van der Waals surface area contributed by atoms with E-state index in [-0.39, 0.29) is 0 Å². The lowest BCUT2D eigenvalue weighted by Crippen LogP contribution is -1.96. The van der Waals surface area contributed by atoms with Crippen molar-refractivity contribution < 1.29 is 0 Å². The molecule has 0 spiro atoms. The Hall–Kier alpha value is -2.23. The molecule has 0 radical (unpaired) electrons. The van der Waals surface area contributed by atoms with Crippen LogP contribution in [0.15, 0.2) is 30.6 Å². The highest BCUT2D eigenvalue weighted by Crippen LogP contribution is 2.26. The van der Waals surface area contributed by atoms with E-state index < -0.39 is 0 Å².